The van der Waals surface area contributed by atoms with Gasteiger partial charge in [0.1, 0.15) is 12.4 Å². The Kier molecular flexibility index (Phi) is 6.98. The molecule has 0 heterocycles. The standard InChI is InChI=1S/C19H21NO5/c1-14(21)25-17-10-8-16(9-11-17)18(23-2)12-20-19(22)24-13-15-6-4-3-5-7-15/h3-11,18H,12-13H2,1-2H3,(H,20,22)/t18-/m0/s1. The molecule has 0 saturated carbocycles. The van der Waals surface area contributed by atoms with Crippen LogP contribution in [0.4, 0.5) is 4.79 Å². The second-order valence-corrected chi connectivity index (χ2v) is 5.33. The van der Waals surface area contributed by atoms with Crippen LogP contribution in [0.1, 0.15) is 24.2 Å². The summed E-state index contributed by atoms with van der Waals surface area (Å²) in [6.45, 7) is 1.81. The van der Waals surface area contributed by atoms with Crippen molar-refractivity contribution in [1.29, 1.82) is 0 Å². The second kappa shape index (κ2) is 9.44. The van der Waals surface area contributed by atoms with E-state index < -0.39 is 6.09 Å². The van der Waals surface area contributed by atoms with E-state index in [4.69, 9.17) is 14.2 Å². The van der Waals surface area contributed by atoms with E-state index in [1.807, 2.05) is 30.3 Å². The molecule has 0 bridgehead atoms. The summed E-state index contributed by atoms with van der Waals surface area (Å²) in [4.78, 5) is 22.7. The molecule has 0 aliphatic rings. The molecule has 2 rings (SSSR count). The number of benzene rings is 2. The molecule has 1 amide bonds. The van der Waals surface area contributed by atoms with Gasteiger partial charge in [-0.25, -0.2) is 4.79 Å². The molecule has 0 radical (unpaired) electrons. The number of ether oxygens (including phenoxy) is 3. The number of rotatable bonds is 7. The molecule has 132 valence electrons. The third-order valence-electron chi connectivity index (χ3n) is 3.44. The van der Waals surface area contributed by atoms with Crippen molar-refractivity contribution in [2.75, 3.05) is 13.7 Å². The summed E-state index contributed by atoms with van der Waals surface area (Å²) in [5.74, 6) is 0.0835. The smallest absolute Gasteiger partial charge is 0.407 e. The summed E-state index contributed by atoms with van der Waals surface area (Å²) >= 11 is 0. The van der Waals surface area contributed by atoms with E-state index in [1.165, 1.54) is 6.92 Å². The van der Waals surface area contributed by atoms with Crippen molar-refractivity contribution in [2.45, 2.75) is 19.6 Å². The number of amides is 1. The van der Waals surface area contributed by atoms with Crippen molar-refractivity contribution < 1.29 is 23.8 Å². The van der Waals surface area contributed by atoms with E-state index in [0.717, 1.165) is 11.1 Å². The number of nitrogens with one attached hydrogen (secondary N) is 1. The van der Waals surface area contributed by atoms with Crippen molar-refractivity contribution in [3.8, 4) is 5.75 Å². The Morgan fingerprint density at radius 1 is 1.04 bits per heavy atom. The van der Waals surface area contributed by atoms with Crippen molar-refractivity contribution in [2.24, 2.45) is 0 Å². The average molecular weight is 343 g/mol. The molecule has 2 aromatic rings. The first kappa shape index (κ1) is 18.5. The van der Waals surface area contributed by atoms with Crippen LogP contribution >= 0.6 is 0 Å². The van der Waals surface area contributed by atoms with Crippen LogP contribution in [0.25, 0.3) is 0 Å². The van der Waals surface area contributed by atoms with Crippen LogP contribution in [0, 0.1) is 0 Å². The zero-order valence-corrected chi connectivity index (χ0v) is 14.2. The van der Waals surface area contributed by atoms with Crippen molar-refractivity contribution in [3.05, 3.63) is 65.7 Å². The van der Waals surface area contributed by atoms with Gasteiger partial charge in [-0.1, -0.05) is 42.5 Å². The van der Waals surface area contributed by atoms with Gasteiger partial charge in [-0.05, 0) is 23.3 Å². The average Bonchev–Trinajstić information content (AvgIpc) is 2.62. The number of hydrogen-bond acceptors (Lipinski definition) is 5. The lowest BCUT2D eigenvalue weighted by molar-refractivity contribution is -0.131. The van der Waals surface area contributed by atoms with E-state index in [-0.39, 0.29) is 25.2 Å². The van der Waals surface area contributed by atoms with Crippen LogP contribution in [-0.2, 0) is 20.9 Å². The van der Waals surface area contributed by atoms with Gasteiger partial charge in [0, 0.05) is 14.0 Å². The number of carbonyl (C=O) groups is 2. The second-order valence-electron chi connectivity index (χ2n) is 5.33. The summed E-state index contributed by atoms with van der Waals surface area (Å²) in [6.07, 6.45) is -0.849. The van der Waals surface area contributed by atoms with E-state index in [1.54, 1.807) is 31.4 Å². The van der Waals surface area contributed by atoms with Gasteiger partial charge in [-0.3, -0.25) is 4.79 Å². The lowest BCUT2D eigenvalue weighted by atomic mass is 10.1. The van der Waals surface area contributed by atoms with E-state index >= 15 is 0 Å². The Morgan fingerprint density at radius 2 is 1.72 bits per heavy atom. The Hall–Kier alpha value is -2.86. The minimum atomic E-state index is -0.512. The van der Waals surface area contributed by atoms with Gasteiger partial charge in [-0.2, -0.15) is 0 Å². The molecule has 0 aliphatic carbocycles. The van der Waals surface area contributed by atoms with Crippen molar-refractivity contribution in [1.82, 2.24) is 5.32 Å². The zero-order chi connectivity index (χ0) is 18.1. The molecule has 2 aromatic carbocycles. The molecule has 0 aliphatic heterocycles. The van der Waals surface area contributed by atoms with Crippen LogP contribution in [0.3, 0.4) is 0 Å². The van der Waals surface area contributed by atoms with Gasteiger partial charge in [0.05, 0.1) is 12.6 Å². The van der Waals surface area contributed by atoms with Crippen LogP contribution in [-0.4, -0.2) is 25.7 Å². The SMILES string of the molecule is CO[C@@H](CNC(=O)OCc1ccccc1)c1ccc(OC(C)=O)cc1. The third-order valence-corrected chi connectivity index (χ3v) is 3.44. The normalized spacial score (nSPS) is 11.4. The van der Waals surface area contributed by atoms with Gasteiger partial charge in [-0.15, -0.1) is 0 Å². The first-order valence-electron chi connectivity index (χ1n) is 7.84. The fourth-order valence-electron chi connectivity index (χ4n) is 2.20. The Morgan fingerprint density at radius 3 is 2.32 bits per heavy atom. The summed E-state index contributed by atoms with van der Waals surface area (Å²) in [5, 5.41) is 2.68. The maximum absolute atomic E-state index is 11.8. The first-order valence-corrected chi connectivity index (χ1v) is 7.84. The van der Waals surface area contributed by atoms with Crippen LogP contribution in [0.15, 0.2) is 54.6 Å². The minimum Gasteiger partial charge on any atom is -0.445 e. The Balaban J connectivity index is 1.82. The van der Waals surface area contributed by atoms with E-state index in [0.29, 0.717) is 5.75 Å². The van der Waals surface area contributed by atoms with Crippen LogP contribution < -0.4 is 10.1 Å². The molecular formula is C19H21NO5. The quantitative estimate of drug-likeness (QED) is 0.617. The molecule has 0 fully saturated rings. The van der Waals surface area contributed by atoms with E-state index in [9.17, 15) is 9.59 Å². The maximum atomic E-state index is 11.8. The minimum absolute atomic E-state index is 0.210. The number of hydrogen-bond donors (Lipinski definition) is 1. The molecule has 0 aromatic heterocycles. The monoisotopic (exact) mass is 343 g/mol. The number of esters is 1. The molecule has 6 nitrogen and oxygen atoms in total. The van der Waals surface area contributed by atoms with E-state index in [2.05, 4.69) is 5.32 Å². The lowest BCUT2D eigenvalue weighted by Crippen LogP contribution is -2.29. The lowest BCUT2D eigenvalue weighted by Gasteiger charge is -2.17. The largest absolute Gasteiger partial charge is 0.445 e. The highest BCUT2D eigenvalue weighted by atomic mass is 16.5. The van der Waals surface area contributed by atoms with Gasteiger partial charge in [0.25, 0.3) is 0 Å². The summed E-state index contributed by atoms with van der Waals surface area (Å²) in [7, 11) is 1.56. The first-order chi connectivity index (χ1) is 12.1. The predicted molar refractivity (Wildman–Crippen MR) is 92.1 cm³/mol. The summed E-state index contributed by atoms with van der Waals surface area (Å²) < 4.78 is 15.5. The molecule has 1 atom stereocenters. The predicted octanol–water partition coefficient (Wildman–Crippen LogP) is 3.23. The van der Waals surface area contributed by atoms with Crippen molar-refractivity contribution >= 4 is 12.1 Å². The molecule has 1 N–H and O–H groups in total. The van der Waals surface area contributed by atoms with Gasteiger partial charge < -0.3 is 19.5 Å². The molecule has 25 heavy (non-hydrogen) atoms. The Bertz CT molecular complexity index is 685. The molecule has 0 saturated heterocycles. The van der Waals surface area contributed by atoms with Gasteiger partial charge >= 0.3 is 12.1 Å². The fourth-order valence-corrected chi connectivity index (χ4v) is 2.20. The molecule has 6 heteroatoms. The number of methoxy groups -OCH3 is 1. The number of alkyl carbamates (subject to hydrolysis) is 1. The molecule has 0 spiro atoms. The summed E-state index contributed by atoms with van der Waals surface area (Å²) in [6, 6.07) is 16.4. The number of carbonyl (C=O) groups excluding carboxylic acids is 2. The molecule has 0 unspecified atom stereocenters. The highest BCUT2D eigenvalue weighted by Crippen LogP contribution is 2.20. The topological polar surface area (TPSA) is 73.9 Å². The van der Waals surface area contributed by atoms with Gasteiger partial charge in [0.2, 0.25) is 0 Å². The van der Waals surface area contributed by atoms with Crippen molar-refractivity contribution in [3.63, 3.8) is 0 Å². The van der Waals surface area contributed by atoms with Crippen LogP contribution in [0.5, 0.6) is 5.75 Å². The zero-order valence-electron chi connectivity index (χ0n) is 14.2. The maximum Gasteiger partial charge on any atom is 0.407 e. The van der Waals surface area contributed by atoms with Gasteiger partial charge in [0.15, 0.2) is 0 Å². The Labute approximate surface area is 146 Å². The highest BCUT2D eigenvalue weighted by molar-refractivity contribution is 5.69. The molecular weight excluding hydrogens is 322 g/mol. The van der Waals surface area contributed by atoms with Crippen LogP contribution in [0.2, 0.25) is 0 Å². The third kappa shape index (κ3) is 6.27. The highest BCUT2D eigenvalue weighted by Gasteiger charge is 2.13. The summed E-state index contributed by atoms with van der Waals surface area (Å²) in [5.41, 5.74) is 1.77. The fraction of sp³-hybridized carbons (Fsp3) is 0.263.